The highest BCUT2D eigenvalue weighted by Gasteiger charge is 2.10. The van der Waals surface area contributed by atoms with Crippen LogP contribution in [0.4, 0.5) is 10.5 Å². The maximum Gasteiger partial charge on any atom is 0.319 e. The summed E-state index contributed by atoms with van der Waals surface area (Å²) in [6.07, 6.45) is 0. The summed E-state index contributed by atoms with van der Waals surface area (Å²) < 4.78 is 0. The minimum absolute atomic E-state index is 0.0595. The fourth-order valence-corrected chi connectivity index (χ4v) is 2.08. The SMILES string of the molecule is Cc1ccc(Cl)cc1NC(=O)NC(C)c1ccccc1. The van der Waals surface area contributed by atoms with Crippen LogP contribution < -0.4 is 10.6 Å². The zero-order valence-corrected chi connectivity index (χ0v) is 12.2. The Hall–Kier alpha value is -2.00. The van der Waals surface area contributed by atoms with E-state index in [1.165, 1.54) is 0 Å². The highest BCUT2D eigenvalue weighted by atomic mass is 35.5. The average molecular weight is 289 g/mol. The van der Waals surface area contributed by atoms with Crippen molar-refractivity contribution < 1.29 is 4.79 Å². The van der Waals surface area contributed by atoms with Crippen molar-refractivity contribution in [3.05, 3.63) is 64.7 Å². The molecule has 104 valence electrons. The van der Waals surface area contributed by atoms with Gasteiger partial charge < -0.3 is 10.6 Å². The molecule has 0 fully saturated rings. The molecule has 0 heterocycles. The lowest BCUT2D eigenvalue weighted by molar-refractivity contribution is 0.249. The van der Waals surface area contributed by atoms with Gasteiger partial charge in [0.1, 0.15) is 0 Å². The van der Waals surface area contributed by atoms with Crippen LogP contribution in [-0.4, -0.2) is 6.03 Å². The van der Waals surface area contributed by atoms with Crippen molar-refractivity contribution in [2.75, 3.05) is 5.32 Å². The Bertz CT molecular complexity index is 599. The van der Waals surface area contributed by atoms with Crippen LogP contribution in [-0.2, 0) is 0 Å². The van der Waals surface area contributed by atoms with Crippen LogP contribution in [0, 0.1) is 6.92 Å². The van der Waals surface area contributed by atoms with Crippen LogP contribution in [0.2, 0.25) is 5.02 Å². The molecule has 2 aromatic carbocycles. The Morgan fingerprint density at radius 2 is 1.85 bits per heavy atom. The Morgan fingerprint density at radius 3 is 2.55 bits per heavy atom. The minimum atomic E-state index is -0.244. The number of halogens is 1. The van der Waals surface area contributed by atoms with Crippen molar-refractivity contribution in [3.8, 4) is 0 Å². The van der Waals surface area contributed by atoms with E-state index in [0.717, 1.165) is 16.8 Å². The summed E-state index contributed by atoms with van der Waals surface area (Å²) in [7, 11) is 0. The molecular formula is C16H17ClN2O. The van der Waals surface area contributed by atoms with Gasteiger partial charge in [-0.15, -0.1) is 0 Å². The second kappa shape index (κ2) is 6.44. The molecule has 0 aliphatic carbocycles. The number of amides is 2. The fourth-order valence-electron chi connectivity index (χ4n) is 1.91. The first kappa shape index (κ1) is 14.4. The van der Waals surface area contributed by atoms with E-state index < -0.39 is 0 Å². The molecule has 2 rings (SSSR count). The predicted molar refractivity (Wildman–Crippen MR) is 83.2 cm³/mol. The summed E-state index contributed by atoms with van der Waals surface area (Å²) in [6.45, 7) is 3.87. The third kappa shape index (κ3) is 3.75. The summed E-state index contributed by atoms with van der Waals surface area (Å²) in [5, 5.41) is 6.31. The van der Waals surface area contributed by atoms with Gasteiger partial charge in [0.2, 0.25) is 0 Å². The van der Waals surface area contributed by atoms with E-state index in [1.807, 2.05) is 50.2 Å². The standard InChI is InChI=1S/C16H17ClN2O/c1-11-8-9-14(17)10-15(11)19-16(20)18-12(2)13-6-4-3-5-7-13/h3-10,12H,1-2H3,(H2,18,19,20). The maximum atomic E-state index is 12.0. The molecule has 1 atom stereocenters. The summed E-state index contributed by atoms with van der Waals surface area (Å²) >= 11 is 5.93. The molecule has 20 heavy (non-hydrogen) atoms. The molecule has 0 spiro atoms. The van der Waals surface area contributed by atoms with E-state index in [-0.39, 0.29) is 12.1 Å². The van der Waals surface area contributed by atoms with Gasteiger partial charge in [-0.2, -0.15) is 0 Å². The van der Waals surface area contributed by atoms with Gasteiger partial charge in [0.25, 0.3) is 0 Å². The number of anilines is 1. The second-order valence-corrected chi connectivity index (χ2v) is 5.13. The molecule has 0 saturated heterocycles. The van der Waals surface area contributed by atoms with Crippen molar-refractivity contribution in [1.29, 1.82) is 0 Å². The van der Waals surface area contributed by atoms with Gasteiger partial charge in [-0.1, -0.05) is 48.0 Å². The summed E-state index contributed by atoms with van der Waals surface area (Å²) in [4.78, 5) is 12.0. The van der Waals surface area contributed by atoms with E-state index in [2.05, 4.69) is 10.6 Å². The number of nitrogens with one attached hydrogen (secondary N) is 2. The first-order chi connectivity index (χ1) is 9.56. The number of urea groups is 1. The van der Waals surface area contributed by atoms with E-state index >= 15 is 0 Å². The second-order valence-electron chi connectivity index (χ2n) is 4.69. The lowest BCUT2D eigenvalue weighted by atomic mass is 10.1. The first-order valence-corrected chi connectivity index (χ1v) is 6.82. The Labute approximate surface area is 124 Å². The van der Waals surface area contributed by atoms with Gasteiger partial charge in [-0.25, -0.2) is 4.79 Å². The summed E-state index contributed by atoms with van der Waals surface area (Å²) in [6, 6.07) is 14.9. The topological polar surface area (TPSA) is 41.1 Å². The normalized spacial score (nSPS) is 11.8. The van der Waals surface area contributed by atoms with Crippen LogP contribution in [0.15, 0.2) is 48.5 Å². The third-order valence-electron chi connectivity index (χ3n) is 3.09. The number of benzene rings is 2. The zero-order valence-electron chi connectivity index (χ0n) is 11.5. The molecule has 4 heteroatoms. The molecule has 3 nitrogen and oxygen atoms in total. The molecule has 0 aliphatic heterocycles. The molecule has 0 aromatic heterocycles. The van der Waals surface area contributed by atoms with Gasteiger partial charge in [0.15, 0.2) is 0 Å². The van der Waals surface area contributed by atoms with Gasteiger partial charge in [0.05, 0.1) is 6.04 Å². The molecular weight excluding hydrogens is 272 g/mol. The lowest BCUT2D eigenvalue weighted by Crippen LogP contribution is -2.31. The minimum Gasteiger partial charge on any atom is -0.331 e. The smallest absolute Gasteiger partial charge is 0.319 e. The van der Waals surface area contributed by atoms with Crippen molar-refractivity contribution in [1.82, 2.24) is 5.32 Å². The fraction of sp³-hybridized carbons (Fsp3) is 0.188. The first-order valence-electron chi connectivity index (χ1n) is 6.45. The Morgan fingerprint density at radius 1 is 1.15 bits per heavy atom. The predicted octanol–water partition coefficient (Wildman–Crippen LogP) is 4.53. The van der Waals surface area contributed by atoms with E-state index in [0.29, 0.717) is 5.02 Å². The van der Waals surface area contributed by atoms with Crippen LogP contribution in [0.1, 0.15) is 24.1 Å². The lowest BCUT2D eigenvalue weighted by Gasteiger charge is -2.16. The molecule has 2 N–H and O–H groups in total. The number of hydrogen-bond donors (Lipinski definition) is 2. The molecule has 0 saturated carbocycles. The van der Waals surface area contributed by atoms with Crippen LogP contribution >= 0.6 is 11.6 Å². The van der Waals surface area contributed by atoms with Crippen molar-refractivity contribution >= 4 is 23.3 Å². The highest BCUT2D eigenvalue weighted by molar-refractivity contribution is 6.31. The third-order valence-corrected chi connectivity index (χ3v) is 3.33. The monoisotopic (exact) mass is 288 g/mol. The largest absolute Gasteiger partial charge is 0.331 e. The molecule has 0 bridgehead atoms. The maximum absolute atomic E-state index is 12.0. The number of carbonyl (C=O) groups is 1. The number of rotatable bonds is 3. The summed E-state index contributed by atoms with van der Waals surface area (Å²) in [5.74, 6) is 0. The Balaban J connectivity index is 2.01. The van der Waals surface area contributed by atoms with Crippen molar-refractivity contribution in [2.45, 2.75) is 19.9 Å². The van der Waals surface area contributed by atoms with E-state index in [9.17, 15) is 4.79 Å². The molecule has 2 amide bonds. The Kier molecular flexibility index (Phi) is 4.64. The van der Waals surface area contributed by atoms with Gasteiger partial charge in [-0.3, -0.25) is 0 Å². The van der Waals surface area contributed by atoms with Crippen molar-refractivity contribution in [3.63, 3.8) is 0 Å². The van der Waals surface area contributed by atoms with Gasteiger partial charge in [0, 0.05) is 10.7 Å². The number of hydrogen-bond acceptors (Lipinski definition) is 1. The molecule has 2 aromatic rings. The van der Waals surface area contributed by atoms with E-state index in [4.69, 9.17) is 11.6 Å². The molecule has 0 radical (unpaired) electrons. The van der Waals surface area contributed by atoms with Crippen LogP contribution in [0.25, 0.3) is 0 Å². The average Bonchev–Trinajstić information content (AvgIpc) is 2.43. The van der Waals surface area contributed by atoms with Crippen LogP contribution in [0.3, 0.4) is 0 Å². The van der Waals surface area contributed by atoms with E-state index in [1.54, 1.807) is 12.1 Å². The zero-order chi connectivity index (χ0) is 14.5. The summed E-state index contributed by atoms with van der Waals surface area (Å²) in [5.41, 5.74) is 2.75. The molecule has 1 unspecified atom stereocenters. The number of aryl methyl sites for hydroxylation is 1. The highest BCUT2D eigenvalue weighted by Crippen LogP contribution is 2.20. The van der Waals surface area contributed by atoms with Gasteiger partial charge >= 0.3 is 6.03 Å². The van der Waals surface area contributed by atoms with Crippen molar-refractivity contribution in [2.24, 2.45) is 0 Å². The molecule has 0 aliphatic rings. The van der Waals surface area contributed by atoms with Crippen LogP contribution in [0.5, 0.6) is 0 Å². The number of carbonyl (C=O) groups excluding carboxylic acids is 1. The van der Waals surface area contributed by atoms with Gasteiger partial charge in [-0.05, 0) is 37.1 Å². The quantitative estimate of drug-likeness (QED) is 0.856.